The van der Waals surface area contributed by atoms with Crippen LogP contribution in [0.25, 0.3) is 0 Å². The fourth-order valence-electron chi connectivity index (χ4n) is 3.10. The molecule has 5 nitrogen and oxygen atoms in total. The van der Waals surface area contributed by atoms with Gasteiger partial charge in [0.05, 0.1) is 0 Å². The van der Waals surface area contributed by atoms with Crippen LogP contribution >= 0.6 is 23.1 Å². The van der Waals surface area contributed by atoms with Crippen LogP contribution in [0.15, 0.2) is 24.3 Å². The quantitative estimate of drug-likeness (QED) is 0.725. The monoisotopic (exact) mass is 392 g/mol. The number of halogens is 1. The Balaban J connectivity index is 1.50. The molecule has 1 fully saturated rings. The van der Waals surface area contributed by atoms with Crippen molar-refractivity contribution in [2.45, 2.75) is 39.0 Å². The van der Waals surface area contributed by atoms with E-state index in [2.05, 4.69) is 26.5 Å². The van der Waals surface area contributed by atoms with Gasteiger partial charge in [-0.2, -0.15) is 4.37 Å². The van der Waals surface area contributed by atoms with Crippen LogP contribution in [0.3, 0.4) is 0 Å². The number of benzene rings is 1. The van der Waals surface area contributed by atoms with Crippen LogP contribution in [0.1, 0.15) is 44.0 Å². The summed E-state index contributed by atoms with van der Waals surface area (Å²) in [6.07, 6.45) is 4.62. The first-order valence-electron chi connectivity index (χ1n) is 9.25. The molecule has 0 saturated carbocycles. The predicted octanol–water partition coefficient (Wildman–Crippen LogP) is 3.92. The SMILES string of the molecule is CCCCNC(=O)C1CCN(c2nc(Cc3ccc(Cl)cc3)ns2)CC1. The van der Waals surface area contributed by atoms with Gasteiger partial charge >= 0.3 is 0 Å². The minimum absolute atomic E-state index is 0.129. The van der Waals surface area contributed by atoms with E-state index in [0.717, 1.165) is 66.9 Å². The summed E-state index contributed by atoms with van der Waals surface area (Å²) in [5, 5.41) is 4.75. The molecule has 1 saturated heterocycles. The fraction of sp³-hybridized carbons (Fsp3) is 0.526. The normalized spacial score (nSPS) is 15.2. The largest absolute Gasteiger partial charge is 0.356 e. The third-order valence-electron chi connectivity index (χ3n) is 4.70. The number of hydrogen-bond donors (Lipinski definition) is 1. The van der Waals surface area contributed by atoms with Gasteiger partial charge in [-0.15, -0.1) is 0 Å². The maximum Gasteiger partial charge on any atom is 0.223 e. The van der Waals surface area contributed by atoms with E-state index in [1.807, 2.05) is 24.3 Å². The van der Waals surface area contributed by atoms with Crippen molar-refractivity contribution >= 4 is 34.2 Å². The third kappa shape index (κ3) is 5.17. The Kier molecular flexibility index (Phi) is 6.86. The zero-order valence-corrected chi connectivity index (χ0v) is 16.7. The standard InChI is InChI=1S/C19H25ClN4OS/c1-2-3-10-21-18(25)15-8-11-24(12-9-15)19-22-17(23-26-19)13-14-4-6-16(20)7-5-14/h4-7,15H,2-3,8-13H2,1H3,(H,21,25). The fourth-order valence-corrected chi connectivity index (χ4v) is 3.96. The molecule has 0 aliphatic carbocycles. The summed E-state index contributed by atoms with van der Waals surface area (Å²) in [6.45, 7) is 4.65. The van der Waals surface area contributed by atoms with Crippen LogP contribution in [-0.2, 0) is 11.2 Å². The average Bonchev–Trinajstić information content (AvgIpc) is 3.12. The Bertz CT molecular complexity index is 711. The van der Waals surface area contributed by atoms with Crippen molar-refractivity contribution in [1.82, 2.24) is 14.7 Å². The van der Waals surface area contributed by atoms with Crippen LogP contribution in [0, 0.1) is 5.92 Å². The number of carbonyl (C=O) groups excluding carboxylic acids is 1. The number of nitrogens with zero attached hydrogens (tertiary/aromatic N) is 3. The molecule has 0 spiro atoms. The molecule has 2 heterocycles. The zero-order chi connectivity index (χ0) is 18.4. The van der Waals surface area contributed by atoms with Crippen LogP contribution in [0.5, 0.6) is 0 Å². The molecule has 0 unspecified atom stereocenters. The molecular weight excluding hydrogens is 368 g/mol. The number of nitrogens with one attached hydrogen (secondary N) is 1. The van der Waals surface area contributed by atoms with Gasteiger partial charge in [-0.25, -0.2) is 4.98 Å². The molecule has 1 aliphatic rings. The minimum atomic E-state index is 0.129. The Morgan fingerprint density at radius 3 is 2.73 bits per heavy atom. The van der Waals surface area contributed by atoms with E-state index in [1.165, 1.54) is 11.5 Å². The van der Waals surface area contributed by atoms with Gasteiger partial charge in [0, 0.05) is 48.5 Å². The van der Waals surface area contributed by atoms with Gasteiger partial charge in [0.1, 0.15) is 5.82 Å². The second kappa shape index (κ2) is 9.33. The number of piperidine rings is 1. The van der Waals surface area contributed by atoms with Crippen molar-refractivity contribution in [3.63, 3.8) is 0 Å². The summed E-state index contributed by atoms with van der Waals surface area (Å²) in [5.41, 5.74) is 1.15. The molecule has 7 heteroatoms. The van der Waals surface area contributed by atoms with Crippen LogP contribution in [-0.4, -0.2) is 34.9 Å². The van der Waals surface area contributed by atoms with Crippen molar-refractivity contribution in [3.8, 4) is 0 Å². The van der Waals surface area contributed by atoms with Gasteiger partial charge in [-0.05, 0) is 37.0 Å². The van der Waals surface area contributed by atoms with Crippen molar-refractivity contribution in [2.24, 2.45) is 5.92 Å². The second-order valence-electron chi connectivity index (χ2n) is 6.70. The van der Waals surface area contributed by atoms with E-state index >= 15 is 0 Å². The molecule has 1 amide bonds. The number of carbonyl (C=O) groups is 1. The molecule has 2 aromatic rings. The zero-order valence-electron chi connectivity index (χ0n) is 15.1. The first-order valence-corrected chi connectivity index (χ1v) is 10.4. The second-order valence-corrected chi connectivity index (χ2v) is 7.87. The third-order valence-corrected chi connectivity index (χ3v) is 5.77. The molecule has 1 aliphatic heterocycles. The van der Waals surface area contributed by atoms with Crippen molar-refractivity contribution < 1.29 is 4.79 Å². The number of rotatable bonds is 7. The van der Waals surface area contributed by atoms with E-state index in [0.29, 0.717) is 6.42 Å². The molecule has 0 atom stereocenters. The van der Waals surface area contributed by atoms with Crippen molar-refractivity contribution in [3.05, 3.63) is 40.7 Å². The van der Waals surface area contributed by atoms with Crippen molar-refractivity contribution in [1.29, 1.82) is 0 Å². The van der Waals surface area contributed by atoms with E-state index in [4.69, 9.17) is 11.6 Å². The van der Waals surface area contributed by atoms with E-state index in [-0.39, 0.29) is 11.8 Å². The van der Waals surface area contributed by atoms with Gasteiger partial charge in [0.25, 0.3) is 0 Å². The number of hydrogen-bond acceptors (Lipinski definition) is 5. The van der Waals surface area contributed by atoms with E-state index in [9.17, 15) is 4.79 Å². The molecular formula is C19H25ClN4OS. The lowest BCUT2D eigenvalue weighted by Crippen LogP contribution is -2.40. The highest BCUT2D eigenvalue weighted by atomic mass is 35.5. The summed E-state index contributed by atoms with van der Waals surface area (Å²) in [5.74, 6) is 1.18. The Morgan fingerprint density at radius 2 is 2.04 bits per heavy atom. The van der Waals surface area contributed by atoms with Crippen LogP contribution in [0.2, 0.25) is 5.02 Å². The van der Waals surface area contributed by atoms with Gasteiger partial charge < -0.3 is 10.2 Å². The number of unbranched alkanes of at least 4 members (excludes halogenated alkanes) is 1. The summed E-state index contributed by atoms with van der Waals surface area (Å²) >= 11 is 7.37. The van der Waals surface area contributed by atoms with E-state index in [1.54, 1.807) is 0 Å². The summed E-state index contributed by atoms with van der Waals surface area (Å²) in [7, 11) is 0. The number of aromatic nitrogens is 2. The van der Waals surface area contributed by atoms with Gasteiger partial charge in [0.15, 0.2) is 0 Å². The Hall–Kier alpha value is -1.66. The van der Waals surface area contributed by atoms with E-state index < -0.39 is 0 Å². The molecule has 0 radical (unpaired) electrons. The smallest absolute Gasteiger partial charge is 0.223 e. The Morgan fingerprint density at radius 1 is 1.31 bits per heavy atom. The lowest BCUT2D eigenvalue weighted by atomic mass is 9.96. The molecule has 3 rings (SSSR count). The highest BCUT2D eigenvalue weighted by molar-refractivity contribution is 7.09. The predicted molar refractivity (Wildman–Crippen MR) is 107 cm³/mol. The molecule has 1 aromatic heterocycles. The maximum atomic E-state index is 12.2. The summed E-state index contributed by atoms with van der Waals surface area (Å²) < 4.78 is 4.49. The highest BCUT2D eigenvalue weighted by Crippen LogP contribution is 2.25. The Labute approximate surface area is 163 Å². The number of anilines is 1. The lowest BCUT2D eigenvalue weighted by Gasteiger charge is -2.30. The van der Waals surface area contributed by atoms with Gasteiger partial charge in [0.2, 0.25) is 11.0 Å². The van der Waals surface area contributed by atoms with Crippen LogP contribution in [0.4, 0.5) is 5.13 Å². The minimum Gasteiger partial charge on any atom is -0.356 e. The maximum absolute atomic E-state index is 12.2. The summed E-state index contributed by atoms with van der Waals surface area (Å²) in [4.78, 5) is 19.1. The first-order chi connectivity index (χ1) is 12.7. The van der Waals surface area contributed by atoms with Gasteiger partial charge in [-0.3, -0.25) is 4.79 Å². The molecule has 140 valence electrons. The van der Waals surface area contributed by atoms with Crippen LogP contribution < -0.4 is 10.2 Å². The highest BCUT2D eigenvalue weighted by Gasteiger charge is 2.26. The topological polar surface area (TPSA) is 58.1 Å². The molecule has 1 N–H and O–H groups in total. The number of amides is 1. The molecule has 1 aromatic carbocycles. The molecule has 26 heavy (non-hydrogen) atoms. The summed E-state index contributed by atoms with van der Waals surface area (Å²) in [6, 6.07) is 7.79. The molecule has 0 bridgehead atoms. The lowest BCUT2D eigenvalue weighted by molar-refractivity contribution is -0.125. The first kappa shape index (κ1) is 19.1. The van der Waals surface area contributed by atoms with Gasteiger partial charge in [-0.1, -0.05) is 37.1 Å². The van der Waals surface area contributed by atoms with Crippen molar-refractivity contribution in [2.75, 3.05) is 24.5 Å². The average molecular weight is 393 g/mol.